The molecule has 0 fully saturated rings. The van der Waals surface area contributed by atoms with Gasteiger partial charge in [0.05, 0.1) is 11.4 Å². The molecule has 0 aliphatic heterocycles. The fraction of sp³-hybridized carbons (Fsp3) is 0.231. The van der Waals surface area contributed by atoms with Crippen LogP contribution in [0.1, 0.15) is 23.7 Å². The number of hydrogen-bond donors (Lipinski definition) is 0. The SMILES string of the molecule is C=CC1=C(/N=C\C)c2ncc(C)cc2C1. The molecule has 76 valence electrons. The van der Waals surface area contributed by atoms with Gasteiger partial charge in [0.1, 0.15) is 0 Å². The van der Waals surface area contributed by atoms with Gasteiger partial charge in [0.25, 0.3) is 0 Å². The molecule has 0 bridgehead atoms. The van der Waals surface area contributed by atoms with Gasteiger partial charge in [-0.15, -0.1) is 0 Å². The lowest BCUT2D eigenvalue weighted by Crippen LogP contribution is -1.89. The number of aliphatic imine (C=N–C) groups is 1. The van der Waals surface area contributed by atoms with E-state index in [1.165, 1.54) is 16.7 Å². The normalized spacial score (nSPS) is 14.8. The second kappa shape index (κ2) is 3.81. The minimum atomic E-state index is 0.903. The second-order valence-corrected chi connectivity index (χ2v) is 3.66. The van der Waals surface area contributed by atoms with Gasteiger partial charge in [0, 0.05) is 18.8 Å². The number of pyridine rings is 1. The average molecular weight is 198 g/mol. The van der Waals surface area contributed by atoms with E-state index in [1.807, 2.05) is 19.2 Å². The first kappa shape index (κ1) is 9.84. The molecule has 2 nitrogen and oxygen atoms in total. The van der Waals surface area contributed by atoms with E-state index in [0.29, 0.717) is 0 Å². The van der Waals surface area contributed by atoms with E-state index in [9.17, 15) is 0 Å². The molecular formula is C13H14N2. The van der Waals surface area contributed by atoms with Crippen molar-refractivity contribution in [3.8, 4) is 0 Å². The van der Waals surface area contributed by atoms with Gasteiger partial charge >= 0.3 is 0 Å². The quantitative estimate of drug-likeness (QED) is 0.671. The van der Waals surface area contributed by atoms with Gasteiger partial charge in [-0.2, -0.15) is 0 Å². The van der Waals surface area contributed by atoms with Crippen LogP contribution in [-0.2, 0) is 6.42 Å². The summed E-state index contributed by atoms with van der Waals surface area (Å²) in [4.78, 5) is 8.81. The first-order chi connectivity index (χ1) is 7.26. The molecule has 2 heteroatoms. The lowest BCUT2D eigenvalue weighted by atomic mass is 10.1. The highest BCUT2D eigenvalue weighted by Gasteiger charge is 2.20. The zero-order chi connectivity index (χ0) is 10.8. The summed E-state index contributed by atoms with van der Waals surface area (Å²) in [7, 11) is 0. The number of allylic oxidation sites excluding steroid dienone is 2. The third-order valence-corrected chi connectivity index (χ3v) is 2.52. The van der Waals surface area contributed by atoms with Gasteiger partial charge in [-0.1, -0.05) is 18.7 Å². The Bertz CT molecular complexity index is 467. The van der Waals surface area contributed by atoms with Crippen LogP contribution in [0.25, 0.3) is 5.70 Å². The zero-order valence-electron chi connectivity index (χ0n) is 9.12. The maximum Gasteiger partial charge on any atom is 0.0924 e. The molecule has 1 aliphatic rings. The van der Waals surface area contributed by atoms with Crippen molar-refractivity contribution in [2.45, 2.75) is 20.3 Å². The van der Waals surface area contributed by atoms with E-state index in [1.54, 1.807) is 6.21 Å². The van der Waals surface area contributed by atoms with Gasteiger partial charge in [0.15, 0.2) is 0 Å². The fourth-order valence-corrected chi connectivity index (χ4v) is 1.86. The smallest absolute Gasteiger partial charge is 0.0924 e. The number of rotatable bonds is 2. The number of nitrogens with zero attached hydrogens (tertiary/aromatic N) is 2. The van der Waals surface area contributed by atoms with Crippen LogP contribution in [0, 0.1) is 6.92 Å². The van der Waals surface area contributed by atoms with Gasteiger partial charge in [-0.3, -0.25) is 9.98 Å². The summed E-state index contributed by atoms with van der Waals surface area (Å²) in [5.41, 5.74) is 5.60. The molecule has 0 atom stereocenters. The number of fused-ring (bicyclic) bond motifs is 1. The molecule has 15 heavy (non-hydrogen) atoms. The van der Waals surface area contributed by atoms with Crippen LogP contribution in [0.3, 0.4) is 0 Å². The summed E-state index contributed by atoms with van der Waals surface area (Å²) < 4.78 is 0. The molecule has 0 saturated carbocycles. The highest BCUT2D eigenvalue weighted by Crippen LogP contribution is 2.32. The lowest BCUT2D eigenvalue weighted by Gasteiger charge is -2.00. The van der Waals surface area contributed by atoms with Crippen molar-refractivity contribution in [2.75, 3.05) is 0 Å². The van der Waals surface area contributed by atoms with E-state index in [-0.39, 0.29) is 0 Å². The largest absolute Gasteiger partial charge is 0.259 e. The topological polar surface area (TPSA) is 25.2 Å². The van der Waals surface area contributed by atoms with Crippen LogP contribution < -0.4 is 0 Å². The van der Waals surface area contributed by atoms with Crippen molar-refractivity contribution in [3.63, 3.8) is 0 Å². The van der Waals surface area contributed by atoms with Gasteiger partial charge in [-0.25, -0.2) is 0 Å². The van der Waals surface area contributed by atoms with E-state index in [4.69, 9.17) is 0 Å². The van der Waals surface area contributed by atoms with Gasteiger partial charge in [-0.05, 0) is 30.5 Å². The molecule has 1 aromatic heterocycles. The third kappa shape index (κ3) is 1.63. The molecule has 0 amide bonds. The van der Waals surface area contributed by atoms with Crippen molar-refractivity contribution in [2.24, 2.45) is 4.99 Å². The fourth-order valence-electron chi connectivity index (χ4n) is 1.86. The number of hydrogen-bond acceptors (Lipinski definition) is 2. The summed E-state index contributed by atoms with van der Waals surface area (Å²) >= 11 is 0. The summed E-state index contributed by atoms with van der Waals surface area (Å²) in [6, 6.07) is 2.17. The Hall–Kier alpha value is -1.70. The minimum Gasteiger partial charge on any atom is -0.259 e. The molecule has 0 unspecified atom stereocenters. The minimum absolute atomic E-state index is 0.903. The maximum atomic E-state index is 4.44. The van der Waals surface area contributed by atoms with Crippen molar-refractivity contribution in [1.82, 2.24) is 4.98 Å². The molecule has 1 aromatic rings. The van der Waals surface area contributed by atoms with Crippen molar-refractivity contribution in [3.05, 3.63) is 47.3 Å². The van der Waals surface area contributed by atoms with Crippen LogP contribution in [0.4, 0.5) is 0 Å². The molecule has 0 spiro atoms. The number of aryl methyl sites for hydroxylation is 1. The molecule has 2 rings (SSSR count). The summed E-state index contributed by atoms with van der Waals surface area (Å²) in [6.45, 7) is 7.80. The summed E-state index contributed by atoms with van der Waals surface area (Å²) in [5, 5.41) is 0. The Kier molecular flexibility index (Phi) is 2.50. The molecule has 1 aliphatic carbocycles. The van der Waals surface area contributed by atoms with Crippen molar-refractivity contribution < 1.29 is 0 Å². The molecular weight excluding hydrogens is 184 g/mol. The average Bonchev–Trinajstić information content (AvgIpc) is 2.56. The highest BCUT2D eigenvalue weighted by molar-refractivity contribution is 5.80. The first-order valence-corrected chi connectivity index (χ1v) is 5.06. The standard InChI is InChI=1S/C13H14N2/c1-4-10-7-11-6-9(3)8-15-13(11)12(10)14-5-2/h4-6,8H,1,7H2,2-3H3/b14-5-. The van der Waals surface area contributed by atoms with E-state index < -0.39 is 0 Å². The Balaban J connectivity index is 2.55. The lowest BCUT2D eigenvalue weighted by molar-refractivity contribution is 1.15. The number of aromatic nitrogens is 1. The van der Waals surface area contributed by atoms with Crippen LogP contribution >= 0.6 is 0 Å². The van der Waals surface area contributed by atoms with Crippen LogP contribution in [0.15, 0.2) is 35.5 Å². The first-order valence-electron chi connectivity index (χ1n) is 5.06. The Morgan fingerprint density at radius 3 is 3.00 bits per heavy atom. The van der Waals surface area contributed by atoms with Crippen LogP contribution in [-0.4, -0.2) is 11.2 Å². The molecule has 1 heterocycles. The molecule has 0 N–H and O–H groups in total. The Morgan fingerprint density at radius 2 is 2.33 bits per heavy atom. The van der Waals surface area contributed by atoms with Crippen LogP contribution in [0.5, 0.6) is 0 Å². The molecule has 0 radical (unpaired) electrons. The van der Waals surface area contributed by atoms with Crippen LogP contribution in [0.2, 0.25) is 0 Å². The van der Waals surface area contributed by atoms with E-state index in [2.05, 4.69) is 29.5 Å². The maximum absolute atomic E-state index is 4.44. The third-order valence-electron chi connectivity index (χ3n) is 2.52. The highest BCUT2D eigenvalue weighted by atomic mass is 14.8. The predicted molar refractivity (Wildman–Crippen MR) is 64.0 cm³/mol. The molecule has 0 saturated heterocycles. The summed E-state index contributed by atoms with van der Waals surface area (Å²) in [5.74, 6) is 0. The Labute approximate surface area is 90.1 Å². The monoisotopic (exact) mass is 198 g/mol. The summed E-state index contributed by atoms with van der Waals surface area (Å²) in [6.07, 6.45) is 6.46. The van der Waals surface area contributed by atoms with E-state index in [0.717, 1.165) is 17.8 Å². The van der Waals surface area contributed by atoms with Gasteiger partial charge in [0.2, 0.25) is 0 Å². The van der Waals surface area contributed by atoms with Gasteiger partial charge < -0.3 is 0 Å². The Morgan fingerprint density at radius 1 is 1.53 bits per heavy atom. The zero-order valence-corrected chi connectivity index (χ0v) is 9.12. The van der Waals surface area contributed by atoms with Crippen molar-refractivity contribution >= 4 is 11.9 Å². The predicted octanol–water partition coefficient (Wildman–Crippen LogP) is 2.93. The van der Waals surface area contributed by atoms with Crippen molar-refractivity contribution in [1.29, 1.82) is 0 Å². The molecule has 0 aromatic carbocycles. The second-order valence-electron chi connectivity index (χ2n) is 3.66. The van der Waals surface area contributed by atoms with E-state index >= 15 is 0 Å².